The normalized spacial score (nSPS) is 10.1. The molecule has 0 aliphatic carbocycles. The second-order valence-electron chi connectivity index (χ2n) is 5.47. The van der Waals surface area contributed by atoms with Crippen LogP contribution in [0.5, 0.6) is 5.75 Å². The number of hydrogen-bond donors (Lipinski definition) is 2. The van der Waals surface area contributed by atoms with Crippen LogP contribution in [-0.4, -0.2) is 23.3 Å². The summed E-state index contributed by atoms with van der Waals surface area (Å²) in [5.74, 6) is -0.682. The molecule has 26 heavy (non-hydrogen) atoms. The Morgan fingerprint density at radius 2 is 1.69 bits per heavy atom. The van der Waals surface area contributed by atoms with Crippen LogP contribution in [0.1, 0.15) is 21.5 Å². The maximum atomic E-state index is 11.9. The van der Waals surface area contributed by atoms with Gasteiger partial charge in [-0.25, -0.2) is 0 Å². The van der Waals surface area contributed by atoms with Gasteiger partial charge in [-0.2, -0.15) is 0 Å². The number of amides is 2. The maximum absolute atomic E-state index is 11.9. The number of nitrogens with one attached hydrogen (secondary N) is 2. The highest BCUT2D eigenvalue weighted by molar-refractivity contribution is 6.32. The molecule has 9 heteroatoms. The van der Waals surface area contributed by atoms with Crippen molar-refractivity contribution in [3.63, 3.8) is 0 Å². The van der Waals surface area contributed by atoms with Gasteiger partial charge in [0.05, 0.1) is 4.92 Å². The number of carbonyl (C=O) groups excluding carboxylic acids is 2. The first-order valence-corrected chi connectivity index (χ1v) is 7.89. The number of non-ortho nitro benzene ring substituents is 1. The fourth-order valence-electron chi connectivity index (χ4n) is 2.11. The zero-order valence-corrected chi connectivity index (χ0v) is 14.8. The molecule has 2 N–H and O–H groups in total. The van der Waals surface area contributed by atoms with Crippen LogP contribution in [-0.2, 0) is 4.79 Å². The second kappa shape index (κ2) is 8.30. The molecular formula is C17H16ClN3O5. The van der Waals surface area contributed by atoms with Gasteiger partial charge < -0.3 is 4.74 Å². The summed E-state index contributed by atoms with van der Waals surface area (Å²) in [5, 5.41) is 11.2. The Morgan fingerprint density at radius 3 is 2.23 bits per heavy atom. The van der Waals surface area contributed by atoms with E-state index in [0.717, 1.165) is 11.1 Å². The summed E-state index contributed by atoms with van der Waals surface area (Å²) in [6.07, 6.45) is 0. The van der Waals surface area contributed by atoms with Crippen LogP contribution in [0.2, 0.25) is 5.02 Å². The average molecular weight is 378 g/mol. The quantitative estimate of drug-likeness (QED) is 0.614. The Bertz CT molecular complexity index is 829. The number of halogens is 1. The molecule has 0 aliphatic rings. The number of hydrazine groups is 1. The summed E-state index contributed by atoms with van der Waals surface area (Å²) in [6.45, 7) is 3.35. The largest absolute Gasteiger partial charge is 0.484 e. The molecule has 0 saturated heterocycles. The molecule has 0 aromatic heterocycles. The van der Waals surface area contributed by atoms with Crippen LogP contribution in [0.3, 0.4) is 0 Å². The van der Waals surface area contributed by atoms with E-state index in [9.17, 15) is 19.7 Å². The van der Waals surface area contributed by atoms with Crippen LogP contribution in [0.25, 0.3) is 0 Å². The summed E-state index contributed by atoms with van der Waals surface area (Å²) < 4.78 is 5.37. The number of nitro benzene ring substituents is 1. The Hall–Kier alpha value is -3.13. The van der Waals surface area contributed by atoms with Crippen molar-refractivity contribution in [1.82, 2.24) is 10.9 Å². The van der Waals surface area contributed by atoms with Crippen molar-refractivity contribution < 1.29 is 19.2 Å². The van der Waals surface area contributed by atoms with Gasteiger partial charge in [-0.15, -0.1) is 0 Å². The Kier molecular flexibility index (Phi) is 6.13. The van der Waals surface area contributed by atoms with Gasteiger partial charge in [0.25, 0.3) is 17.5 Å². The van der Waals surface area contributed by atoms with Crippen molar-refractivity contribution in [3.05, 3.63) is 68.2 Å². The maximum Gasteiger partial charge on any atom is 0.276 e. The molecule has 2 rings (SSSR count). The first-order valence-electron chi connectivity index (χ1n) is 7.51. The smallest absolute Gasteiger partial charge is 0.276 e. The van der Waals surface area contributed by atoms with E-state index in [-0.39, 0.29) is 17.9 Å². The van der Waals surface area contributed by atoms with Crippen molar-refractivity contribution in [2.45, 2.75) is 13.8 Å². The van der Waals surface area contributed by atoms with E-state index < -0.39 is 16.7 Å². The summed E-state index contributed by atoms with van der Waals surface area (Å²) in [5.41, 5.74) is 6.10. The van der Waals surface area contributed by atoms with Gasteiger partial charge in [-0.3, -0.25) is 30.6 Å². The minimum Gasteiger partial charge on any atom is -0.484 e. The molecule has 0 fully saturated rings. The number of carbonyl (C=O) groups is 2. The SMILES string of the molecule is Cc1cc(OCC(=O)NNC(=O)c2ccc([N+](=O)[O-])cc2)cc(C)c1Cl. The van der Waals surface area contributed by atoms with E-state index in [0.29, 0.717) is 10.8 Å². The number of benzene rings is 2. The fourth-order valence-corrected chi connectivity index (χ4v) is 2.22. The number of hydrogen-bond acceptors (Lipinski definition) is 5. The molecule has 0 heterocycles. The predicted molar refractivity (Wildman–Crippen MR) is 95.1 cm³/mol. The van der Waals surface area contributed by atoms with E-state index in [2.05, 4.69) is 10.9 Å². The van der Waals surface area contributed by atoms with Crippen LogP contribution in [0.15, 0.2) is 36.4 Å². The van der Waals surface area contributed by atoms with Crippen LogP contribution < -0.4 is 15.6 Å². The van der Waals surface area contributed by atoms with Crippen LogP contribution >= 0.6 is 11.6 Å². The first kappa shape index (κ1) is 19.2. The number of rotatable bonds is 5. The van der Waals surface area contributed by atoms with Crippen LogP contribution in [0, 0.1) is 24.0 Å². The third-order valence-corrected chi connectivity index (χ3v) is 4.03. The lowest BCUT2D eigenvalue weighted by Gasteiger charge is -2.11. The molecule has 0 spiro atoms. The monoisotopic (exact) mass is 377 g/mol. The highest BCUT2D eigenvalue weighted by atomic mass is 35.5. The van der Waals surface area contributed by atoms with Crippen molar-refractivity contribution >= 4 is 29.1 Å². The second-order valence-corrected chi connectivity index (χ2v) is 5.84. The Labute approximate surface area is 154 Å². The molecule has 0 unspecified atom stereocenters. The van der Waals surface area contributed by atoms with E-state index >= 15 is 0 Å². The zero-order chi connectivity index (χ0) is 19.3. The third-order valence-electron chi connectivity index (χ3n) is 3.44. The standard InChI is InChI=1S/C17H16ClN3O5/c1-10-7-14(8-11(2)16(10)18)26-9-15(22)19-20-17(23)12-3-5-13(6-4-12)21(24)25/h3-8H,9H2,1-2H3,(H,19,22)(H,20,23). The molecule has 0 bridgehead atoms. The van der Waals surface area contributed by atoms with Gasteiger partial charge in [-0.05, 0) is 49.2 Å². The molecule has 136 valence electrons. The average Bonchev–Trinajstić information content (AvgIpc) is 2.62. The number of nitro groups is 1. The number of ether oxygens (including phenoxy) is 1. The van der Waals surface area contributed by atoms with Gasteiger partial charge in [0.1, 0.15) is 5.75 Å². The van der Waals surface area contributed by atoms with Crippen LogP contribution in [0.4, 0.5) is 5.69 Å². The number of nitrogens with zero attached hydrogens (tertiary/aromatic N) is 1. The molecule has 2 aromatic rings. The molecule has 8 nitrogen and oxygen atoms in total. The third kappa shape index (κ3) is 4.93. The fraction of sp³-hybridized carbons (Fsp3) is 0.176. The molecular weight excluding hydrogens is 362 g/mol. The Morgan fingerprint density at radius 1 is 1.12 bits per heavy atom. The minimum atomic E-state index is -0.605. The predicted octanol–water partition coefficient (Wildman–Crippen LogP) is 2.71. The van der Waals surface area contributed by atoms with Gasteiger partial charge in [0.2, 0.25) is 0 Å². The van der Waals surface area contributed by atoms with Crippen molar-refractivity contribution in [2.75, 3.05) is 6.61 Å². The molecule has 0 saturated carbocycles. The molecule has 0 radical (unpaired) electrons. The first-order chi connectivity index (χ1) is 12.3. The van der Waals surface area contributed by atoms with E-state index in [1.165, 1.54) is 24.3 Å². The van der Waals surface area contributed by atoms with Gasteiger partial charge in [-0.1, -0.05) is 11.6 Å². The minimum absolute atomic E-state index is 0.132. The molecule has 0 atom stereocenters. The van der Waals surface area contributed by atoms with Crippen molar-refractivity contribution in [1.29, 1.82) is 0 Å². The topological polar surface area (TPSA) is 111 Å². The molecule has 0 aliphatic heterocycles. The van der Waals surface area contributed by atoms with Gasteiger partial charge in [0, 0.05) is 22.7 Å². The lowest BCUT2D eigenvalue weighted by atomic mass is 10.1. The summed E-state index contributed by atoms with van der Waals surface area (Å²) in [7, 11) is 0. The van der Waals surface area contributed by atoms with Gasteiger partial charge in [0.15, 0.2) is 6.61 Å². The Balaban J connectivity index is 1.84. The highest BCUT2D eigenvalue weighted by Gasteiger charge is 2.11. The van der Waals surface area contributed by atoms with E-state index in [4.69, 9.17) is 16.3 Å². The summed E-state index contributed by atoms with van der Waals surface area (Å²) in [4.78, 5) is 33.7. The highest BCUT2D eigenvalue weighted by Crippen LogP contribution is 2.25. The van der Waals surface area contributed by atoms with Gasteiger partial charge >= 0.3 is 0 Å². The van der Waals surface area contributed by atoms with E-state index in [1.54, 1.807) is 12.1 Å². The molecule has 2 aromatic carbocycles. The summed E-state index contributed by atoms with van der Waals surface area (Å²) >= 11 is 6.06. The zero-order valence-electron chi connectivity index (χ0n) is 14.0. The summed E-state index contributed by atoms with van der Waals surface area (Å²) in [6, 6.07) is 8.39. The molecule has 2 amide bonds. The lowest BCUT2D eigenvalue weighted by Crippen LogP contribution is -2.43. The van der Waals surface area contributed by atoms with Crippen molar-refractivity contribution in [3.8, 4) is 5.75 Å². The van der Waals surface area contributed by atoms with E-state index in [1.807, 2.05) is 13.8 Å². The van der Waals surface area contributed by atoms with Crippen molar-refractivity contribution in [2.24, 2.45) is 0 Å². The lowest BCUT2D eigenvalue weighted by molar-refractivity contribution is -0.384. The number of aryl methyl sites for hydroxylation is 2.